The van der Waals surface area contributed by atoms with E-state index < -0.39 is 33.8 Å². The van der Waals surface area contributed by atoms with E-state index in [9.17, 15) is 22.8 Å². The number of aromatic nitrogens is 1. The lowest BCUT2D eigenvalue weighted by Gasteiger charge is -2.19. The van der Waals surface area contributed by atoms with Gasteiger partial charge in [0.15, 0.2) is 0 Å². The third-order valence-corrected chi connectivity index (χ3v) is 9.30. The zero-order chi connectivity index (χ0) is 34.3. The van der Waals surface area contributed by atoms with Crippen LogP contribution in [0.15, 0.2) is 82.8 Å². The largest absolute Gasteiger partial charge is 0.497 e. The first-order chi connectivity index (χ1) is 22.4. The monoisotopic (exact) mass is 720 g/mol. The molecule has 4 rings (SSSR count). The molecule has 47 heavy (non-hydrogen) atoms. The molecule has 12 nitrogen and oxygen atoms in total. The Morgan fingerprint density at radius 2 is 1.51 bits per heavy atom. The number of hydrogen-bond acceptors (Lipinski definition) is 9. The summed E-state index contributed by atoms with van der Waals surface area (Å²) in [5.74, 6) is -0.991. The fourth-order valence-corrected chi connectivity index (χ4v) is 6.66. The zero-order valence-electron chi connectivity index (χ0n) is 25.0. The van der Waals surface area contributed by atoms with Gasteiger partial charge in [-0.1, -0.05) is 46.9 Å². The zero-order valence-corrected chi connectivity index (χ0v) is 28.1. The molecule has 4 aromatic rings. The normalized spacial score (nSPS) is 11.6. The van der Waals surface area contributed by atoms with Crippen LogP contribution in [0, 0.1) is 0 Å². The van der Waals surface area contributed by atoms with E-state index in [1.165, 1.54) is 63.0 Å². The topological polar surface area (TPSA) is 162 Å². The molecule has 0 fully saturated rings. The summed E-state index contributed by atoms with van der Waals surface area (Å²) in [6.45, 7) is 0. The highest BCUT2D eigenvalue weighted by Crippen LogP contribution is 2.36. The van der Waals surface area contributed by atoms with Crippen molar-refractivity contribution < 1.29 is 37.0 Å². The summed E-state index contributed by atoms with van der Waals surface area (Å²) in [7, 11) is -0.420. The molecule has 3 N–H and O–H groups in total. The Balaban J connectivity index is 1.52. The molecule has 16 heteroatoms. The summed E-state index contributed by atoms with van der Waals surface area (Å²) >= 11 is 18.3. The van der Waals surface area contributed by atoms with Gasteiger partial charge in [-0.15, -0.1) is 0 Å². The fraction of sp³-hybridized carbons (Fsp3) is 0.161. The smallest absolute Gasteiger partial charge is 0.328 e. The second-order valence-corrected chi connectivity index (χ2v) is 12.8. The Bertz CT molecular complexity index is 1900. The van der Waals surface area contributed by atoms with Crippen molar-refractivity contribution >= 4 is 73.9 Å². The highest BCUT2D eigenvalue weighted by molar-refractivity contribution is 7.91. The molecule has 246 valence electrons. The molecule has 0 spiro atoms. The van der Waals surface area contributed by atoms with Crippen molar-refractivity contribution in [2.24, 2.45) is 0 Å². The van der Waals surface area contributed by atoms with Crippen molar-refractivity contribution in [3.8, 4) is 11.5 Å². The molecule has 0 aliphatic carbocycles. The Morgan fingerprint density at radius 1 is 0.830 bits per heavy atom. The SMILES string of the molecule is COC(=O)[C@H](Cc1ccc(NC(=O)c2c(Cl)cncc2Cl)cc1)NC(=O)Nc1cc(Cl)ccc1S(=O)(=O)c1cc(OC)ccc1OC. The van der Waals surface area contributed by atoms with Crippen molar-refractivity contribution in [3.05, 3.63) is 99.3 Å². The predicted molar refractivity (Wildman–Crippen MR) is 177 cm³/mol. The number of halogens is 3. The lowest BCUT2D eigenvalue weighted by atomic mass is 10.1. The molecule has 1 heterocycles. The number of carbonyl (C=O) groups is 3. The fourth-order valence-electron chi connectivity index (χ4n) is 4.38. The number of hydrogen-bond donors (Lipinski definition) is 3. The number of benzene rings is 3. The summed E-state index contributed by atoms with van der Waals surface area (Å²) in [5, 5.41) is 7.97. The van der Waals surface area contributed by atoms with Gasteiger partial charge in [-0.25, -0.2) is 18.0 Å². The maximum absolute atomic E-state index is 13.8. The number of amides is 3. The first-order valence-corrected chi connectivity index (χ1v) is 16.1. The van der Waals surface area contributed by atoms with E-state index in [1.54, 1.807) is 24.3 Å². The molecule has 3 amide bonds. The van der Waals surface area contributed by atoms with Crippen molar-refractivity contribution in [2.45, 2.75) is 22.3 Å². The van der Waals surface area contributed by atoms with Gasteiger partial charge in [-0.2, -0.15) is 0 Å². The van der Waals surface area contributed by atoms with Gasteiger partial charge in [0, 0.05) is 35.6 Å². The minimum absolute atomic E-state index is 0.0158. The van der Waals surface area contributed by atoms with Crippen LogP contribution in [0.4, 0.5) is 16.2 Å². The molecule has 0 unspecified atom stereocenters. The molecule has 0 saturated carbocycles. The van der Waals surface area contributed by atoms with Gasteiger partial charge < -0.3 is 30.2 Å². The number of methoxy groups -OCH3 is 3. The number of anilines is 2. The quantitative estimate of drug-likeness (QED) is 0.157. The van der Waals surface area contributed by atoms with Crippen LogP contribution in [-0.2, 0) is 25.8 Å². The molecule has 0 aliphatic rings. The van der Waals surface area contributed by atoms with Crippen LogP contribution in [0.5, 0.6) is 11.5 Å². The summed E-state index contributed by atoms with van der Waals surface area (Å²) in [6.07, 6.45) is 2.58. The molecule has 0 radical (unpaired) electrons. The van der Waals surface area contributed by atoms with E-state index in [1.807, 2.05) is 0 Å². The Labute approximate surface area is 285 Å². The first-order valence-electron chi connectivity index (χ1n) is 13.5. The van der Waals surface area contributed by atoms with E-state index >= 15 is 0 Å². The van der Waals surface area contributed by atoms with E-state index in [0.29, 0.717) is 11.3 Å². The number of rotatable bonds is 11. The molecule has 1 atom stereocenters. The molecule has 3 aromatic carbocycles. The van der Waals surface area contributed by atoms with Gasteiger partial charge in [-0.05, 0) is 48.0 Å². The van der Waals surface area contributed by atoms with Crippen molar-refractivity contribution in [2.75, 3.05) is 32.0 Å². The summed E-state index contributed by atoms with van der Waals surface area (Å²) in [4.78, 5) is 41.8. The van der Waals surface area contributed by atoms with Gasteiger partial charge in [0.1, 0.15) is 22.4 Å². The summed E-state index contributed by atoms with van der Waals surface area (Å²) < 4.78 is 42.8. The van der Waals surface area contributed by atoms with Gasteiger partial charge in [0.25, 0.3) is 5.91 Å². The highest BCUT2D eigenvalue weighted by atomic mass is 35.5. The second-order valence-electron chi connectivity index (χ2n) is 9.67. The molecular weight excluding hydrogens is 695 g/mol. The average Bonchev–Trinajstić information content (AvgIpc) is 3.04. The van der Waals surface area contributed by atoms with E-state index in [0.717, 1.165) is 7.11 Å². The molecule has 1 aromatic heterocycles. The van der Waals surface area contributed by atoms with Gasteiger partial charge in [0.05, 0.1) is 47.5 Å². The summed E-state index contributed by atoms with van der Waals surface area (Å²) in [6, 6.07) is 12.4. The van der Waals surface area contributed by atoms with Crippen LogP contribution in [0.2, 0.25) is 15.1 Å². The van der Waals surface area contributed by atoms with E-state index in [-0.39, 0.29) is 54.0 Å². The third-order valence-electron chi connectivity index (χ3n) is 6.66. The average molecular weight is 722 g/mol. The van der Waals surface area contributed by atoms with Crippen molar-refractivity contribution in [1.82, 2.24) is 10.3 Å². The van der Waals surface area contributed by atoms with Gasteiger partial charge in [0.2, 0.25) is 9.84 Å². The Kier molecular flexibility index (Phi) is 11.5. The minimum atomic E-state index is -4.29. The van der Waals surface area contributed by atoms with Gasteiger partial charge in [-0.3, -0.25) is 9.78 Å². The second kappa shape index (κ2) is 15.4. The highest BCUT2D eigenvalue weighted by Gasteiger charge is 2.28. The summed E-state index contributed by atoms with van der Waals surface area (Å²) in [5.41, 5.74) is 0.907. The number of pyridine rings is 1. The number of ether oxygens (including phenoxy) is 3. The molecule has 0 aliphatic heterocycles. The number of nitrogens with one attached hydrogen (secondary N) is 3. The van der Waals surface area contributed by atoms with Crippen LogP contribution in [0.25, 0.3) is 0 Å². The maximum atomic E-state index is 13.8. The number of esters is 1. The number of sulfone groups is 1. The van der Waals surface area contributed by atoms with E-state index in [4.69, 9.17) is 49.0 Å². The van der Waals surface area contributed by atoms with Crippen LogP contribution >= 0.6 is 34.8 Å². The van der Waals surface area contributed by atoms with Crippen LogP contribution in [0.3, 0.4) is 0 Å². The van der Waals surface area contributed by atoms with Gasteiger partial charge >= 0.3 is 12.0 Å². The van der Waals surface area contributed by atoms with Crippen molar-refractivity contribution in [1.29, 1.82) is 0 Å². The van der Waals surface area contributed by atoms with Crippen LogP contribution in [-0.4, -0.2) is 58.7 Å². The maximum Gasteiger partial charge on any atom is 0.328 e. The lowest BCUT2D eigenvalue weighted by molar-refractivity contribution is -0.142. The Hall–Kier alpha value is -4.56. The van der Waals surface area contributed by atoms with Crippen molar-refractivity contribution in [3.63, 3.8) is 0 Å². The number of nitrogens with zero attached hydrogens (tertiary/aromatic N) is 1. The lowest BCUT2D eigenvalue weighted by Crippen LogP contribution is -2.45. The molecule has 0 bridgehead atoms. The third kappa shape index (κ3) is 8.43. The Morgan fingerprint density at radius 3 is 2.13 bits per heavy atom. The molecule has 0 saturated heterocycles. The number of carbonyl (C=O) groups excluding carboxylic acids is 3. The predicted octanol–water partition coefficient (Wildman–Crippen LogP) is 6.05. The van der Waals surface area contributed by atoms with Crippen LogP contribution in [0.1, 0.15) is 15.9 Å². The van der Waals surface area contributed by atoms with Crippen LogP contribution < -0.4 is 25.4 Å². The van der Waals surface area contributed by atoms with E-state index in [2.05, 4.69) is 20.9 Å². The standard InChI is InChI=1S/C31H27Cl3N4O8S/c1-44-20-9-10-25(45-2)27(14-20)47(42,43)26-11-6-18(32)13-23(26)37-31(41)38-24(30(40)46-3)12-17-4-7-19(8-5-17)36-29(39)28-21(33)15-35-16-22(28)34/h4-11,13-16,24H,12H2,1-3H3,(H,36,39)(H2,37,38,41)/t24-/m0/s1. The minimum Gasteiger partial charge on any atom is -0.497 e. The molecular formula is C31H27Cl3N4O8S. The first kappa shape index (κ1) is 35.3. The number of urea groups is 1.